The van der Waals surface area contributed by atoms with E-state index in [0.29, 0.717) is 22.3 Å². The lowest BCUT2D eigenvalue weighted by molar-refractivity contribution is 0.0947. The third kappa shape index (κ3) is 2.59. The van der Waals surface area contributed by atoms with Gasteiger partial charge in [-0.2, -0.15) is 5.10 Å². The molecule has 0 saturated heterocycles. The van der Waals surface area contributed by atoms with Gasteiger partial charge in [0.2, 0.25) is 0 Å². The van der Waals surface area contributed by atoms with Crippen LogP contribution in [0.5, 0.6) is 0 Å². The van der Waals surface area contributed by atoms with Gasteiger partial charge in [0, 0.05) is 4.88 Å². The van der Waals surface area contributed by atoms with Crippen LogP contribution in [0, 0.1) is 6.92 Å². The first-order valence-corrected chi connectivity index (χ1v) is 6.10. The quantitative estimate of drug-likeness (QED) is 0.797. The van der Waals surface area contributed by atoms with Gasteiger partial charge < -0.3 is 11.1 Å². The van der Waals surface area contributed by atoms with E-state index in [1.54, 1.807) is 13.0 Å². The van der Waals surface area contributed by atoms with Crippen LogP contribution in [0.25, 0.3) is 0 Å². The first kappa shape index (κ1) is 11.9. The van der Waals surface area contributed by atoms with E-state index >= 15 is 0 Å². The number of H-pyrrole nitrogens is 1. The van der Waals surface area contributed by atoms with Gasteiger partial charge in [-0.3, -0.25) is 9.89 Å². The third-order valence-corrected chi connectivity index (χ3v) is 3.49. The maximum absolute atomic E-state index is 11.8. The molecule has 0 aliphatic carbocycles. The molecule has 0 aromatic carbocycles. The minimum Gasteiger partial charge on any atom is -0.395 e. The molecule has 5 nitrogen and oxygen atoms in total. The lowest BCUT2D eigenvalue weighted by Crippen LogP contribution is -2.23. The number of amides is 1. The fourth-order valence-electron chi connectivity index (χ4n) is 1.31. The molecule has 90 valence electrons. The van der Waals surface area contributed by atoms with Crippen molar-refractivity contribution in [3.63, 3.8) is 0 Å². The molecule has 0 radical (unpaired) electrons. The van der Waals surface area contributed by atoms with Crippen molar-refractivity contribution in [2.75, 3.05) is 5.73 Å². The summed E-state index contributed by atoms with van der Waals surface area (Å²) in [6, 6.07) is 3.66. The van der Waals surface area contributed by atoms with Gasteiger partial charge in [0.1, 0.15) is 0 Å². The molecule has 4 N–H and O–H groups in total. The molecule has 7 heteroatoms. The second-order valence-electron chi connectivity index (χ2n) is 3.50. The molecule has 2 aromatic heterocycles. The van der Waals surface area contributed by atoms with E-state index in [4.69, 9.17) is 17.3 Å². The van der Waals surface area contributed by atoms with E-state index in [0.717, 1.165) is 4.88 Å². The number of aromatic amines is 1. The number of nitrogen functional groups attached to an aromatic ring is 1. The number of rotatable bonds is 3. The number of hydrogen-bond donors (Lipinski definition) is 3. The van der Waals surface area contributed by atoms with E-state index in [-0.39, 0.29) is 11.6 Å². The van der Waals surface area contributed by atoms with E-state index in [1.165, 1.54) is 11.3 Å². The molecule has 0 fully saturated rings. The number of nitrogens with zero attached hydrogens (tertiary/aromatic N) is 1. The molecular formula is C10H11ClN4OS. The van der Waals surface area contributed by atoms with Gasteiger partial charge in [0.25, 0.3) is 5.91 Å². The van der Waals surface area contributed by atoms with E-state index in [2.05, 4.69) is 15.5 Å². The fourth-order valence-corrected chi connectivity index (χ4v) is 2.34. The summed E-state index contributed by atoms with van der Waals surface area (Å²) >= 11 is 7.22. The van der Waals surface area contributed by atoms with Crippen molar-refractivity contribution in [1.29, 1.82) is 0 Å². The largest absolute Gasteiger partial charge is 0.395 e. The predicted molar refractivity (Wildman–Crippen MR) is 68.2 cm³/mol. The Bertz CT molecular complexity index is 548. The highest BCUT2D eigenvalue weighted by Crippen LogP contribution is 2.21. The fraction of sp³-hybridized carbons (Fsp3) is 0.200. The number of nitrogens with one attached hydrogen (secondary N) is 2. The zero-order valence-electron chi connectivity index (χ0n) is 9.08. The lowest BCUT2D eigenvalue weighted by atomic mass is 10.3. The maximum Gasteiger partial charge on any atom is 0.274 e. The lowest BCUT2D eigenvalue weighted by Gasteiger charge is -2.01. The van der Waals surface area contributed by atoms with Crippen molar-refractivity contribution in [3.8, 4) is 0 Å². The number of aromatic nitrogens is 2. The average molecular weight is 271 g/mol. The molecule has 0 bridgehead atoms. The van der Waals surface area contributed by atoms with Gasteiger partial charge >= 0.3 is 0 Å². The monoisotopic (exact) mass is 270 g/mol. The highest BCUT2D eigenvalue weighted by atomic mass is 35.5. The number of carbonyl (C=O) groups excluding carboxylic acids is 1. The van der Waals surface area contributed by atoms with Crippen LogP contribution in [0.2, 0.25) is 4.34 Å². The van der Waals surface area contributed by atoms with E-state index < -0.39 is 0 Å². The number of carbonyl (C=O) groups is 1. The standard InChI is InChI=1S/C10H11ClN4OS/c1-5-8(12)9(15-14-5)10(16)13-4-6-2-3-7(11)17-6/h2-3H,4,12H2,1H3,(H,13,16)(H,14,15). The third-order valence-electron chi connectivity index (χ3n) is 2.26. The van der Waals surface area contributed by atoms with Crippen LogP contribution in [0.3, 0.4) is 0 Å². The molecule has 0 spiro atoms. The molecule has 0 atom stereocenters. The maximum atomic E-state index is 11.8. The molecule has 0 aliphatic rings. The van der Waals surface area contributed by atoms with Gasteiger partial charge in [0.05, 0.1) is 22.3 Å². The molecule has 2 aromatic rings. The van der Waals surface area contributed by atoms with Gasteiger partial charge in [-0.25, -0.2) is 0 Å². The average Bonchev–Trinajstić information content (AvgIpc) is 2.84. The van der Waals surface area contributed by atoms with Crippen LogP contribution in [-0.2, 0) is 6.54 Å². The predicted octanol–water partition coefficient (Wildman–Crippen LogP) is 1.95. The molecule has 0 unspecified atom stereocenters. The minimum atomic E-state index is -0.295. The highest BCUT2D eigenvalue weighted by Gasteiger charge is 2.14. The Morgan fingerprint density at radius 1 is 1.65 bits per heavy atom. The summed E-state index contributed by atoms with van der Waals surface area (Å²) in [5, 5.41) is 9.25. The van der Waals surface area contributed by atoms with Crippen molar-refractivity contribution in [2.45, 2.75) is 13.5 Å². The first-order valence-electron chi connectivity index (χ1n) is 4.91. The number of halogens is 1. The van der Waals surface area contributed by atoms with E-state index in [9.17, 15) is 4.79 Å². The number of nitrogens with two attached hydrogens (primary N) is 1. The van der Waals surface area contributed by atoms with Crippen LogP contribution in [0.15, 0.2) is 12.1 Å². The van der Waals surface area contributed by atoms with Crippen molar-refractivity contribution in [1.82, 2.24) is 15.5 Å². The van der Waals surface area contributed by atoms with Crippen LogP contribution in [0.4, 0.5) is 5.69 Å². The molecular weight excluding hydrogens is 260 g/mol. The zero-order chi connectivity index (χ0) is 12.4. The van der Waals surface area contributed by atoms with Crippen LogP contribution >= 0.6 is 22.9 Å². The Labute approximate surface area is 107 Å². The first-order chi connectivity index (χ1) is 8.08. The molecule has 17 heavy (non-hydrogen) atoms. The summed E-state index contributed by atoms with van der Waals surface area (Å²) in [5.41, 5.74) is 7.00. The van der Waals surface area contributed by atoms with Crippen LogP contribution < -0.4 is 11.1 Å². The Kier molecular flexibility index (Phi) is 3.35. The minimum absolute atomic E-state index is 0.227. The van der Waals surface area contributed by atoms with Crippen molar-refractivity contribution >= 4 is 34.5 Å². The van der Waals surface area contributed by atoms with Crippen LogP contribution in [0.1, 0.15) is 21.1 Å². The number of aryl methyl sites for hydroxylation is 1. The zero-order valence-corrected chi connectivity index (χ0v) is 10.7. The second-order valence-corrected chi connectivity index (χ2v) is 5.30. The molecule has 0 saturated carbocycles. The van der Waals surface area contributed by atoms with Crippen LogP contribution in [-0.4, -0.2) is 16.1 Å². The summed E-state index contributed by atoms with van der Waals surface area (Å²) in [4.78, 5) is 12.7. The SMILES string of the molecule is Cc1[nH]nc(C(=O)NCc2ccc(Cl)s2)c1N. The topological polar surface area (TPSA) is 83.8 Å². The molecule has 0 aliphatic heterocycles. The number of hydrogen-bond acceptors (Lipinski definition) is 4. The molecule has 2 rings (SSSR count). The number of anilines is 1. The smallest absolute Gasteiger partial charge is 0.274 e. The van der Waals surface area contributed by atoms with Crippen molar-refractivity contribution in [3.05, 3.63) is 32.7 Å². The highest BCUT2D eigenvalue weighted by molar-refractivity contribution is 7.16. The molecule has 2 heterocycles. The Hall–Kier alpha value is -1.53. The Balaban J connectivity index is 2.00. The Morgan fingerprint density at radius 3 is 2.94 bits per heavy atom. The van der Waals surface area contributed by atoms with Gasteiger partial charge in [-0.05, 0) is 19.1 Å². The normalized spacial score (nSPS) is 10.5. The molecule has 1 amide bonds. The van der Waals surface area contributed by atoms with Crippen molar-refractivity contribution in [2.24, 2.45) is 0 Å². The van der Waals surface area contributed by atoms with Gasteiger partial charge in [-0.1, -0.05) is 11.6 Å². The second kappa shape index (κ2) is 4.77. The van der Waals surface area contributed by atoms with Gasteiger partial charge in [0.15, 0.2) is 5.69 Å². The summed E-state index contributed by atoms with van der Waals surface area (Å²) in [6.07, 6.45) is 0. The van der Waals surface area contributed by atoms with E-state index in [1.807, 2.05) is 6.07 Å². The Morgan fingerprint density at radius 2 is 2.41 bits per heavy atom. The summed E-state index contributed by atoms with van der Waals surface area (Å²) < 4.78 is 0.698. The summed E-state index contributed by atoms with van der Waals surface area (Å²) in [7, 11) is 0. The summed E-state index contributed by atoms with van der Waals surface area (Å²) in [5.74, 6) is -0.295. The van der Waals surface area contributed by atoms with Gasteiger partial charge in [-0.15, -0.1) is 11.3 Å². The van der Waals surface area contributed by atoms with Crippen molar-refractivity contribution < 1.29 is 4.79 Å². The number of thiophene rings is 1. The summed E-state index contributed by atoms with van der Waals surface area (Å²) in [6.45, 7) is 2.18.